The van der Waals surface area contributed by atoms with Crippen molar-refractivity contribution < 1.29 is 9.53 Å². The van der Waals surface area contributed by atoms with E-state index in [0.29, 0.717) is 6.42 Å². The van der Waals surface area contributed by atoms with Crippen LogP contribution in [0.3, 0.4) is 0 Å². The van der Waals surface area contributed by atoms with Gasteiger partial charge in [0.05, 0.1) is 13.2 Å². The first-order chi connectivity index (χ1) is 9.02. The lowest BCUT2D eigenvalue weighted by molar-refractivity contribution is -0.121. The van der Waals surface area contributed by atoms with Gasteiger partial charge in [0.15, 0.2) is 0 Å². The highest BCUT2D eigenvalue weighted by molar-refractivity contribution is 5.76. The molecule has 1 aromatic rings. The summed E-state index contributed by atoms with van der Waals surface area (Å²) in [6, 6.07) is 7.89. The van der Waals surface area contributed by atoms with Crippen molar-refractivity contribution in [3.63, 3.8) is 0 Å². The van der Waals surface area contributed by atoms with Crippen LogP contribution in [0.2, 0.25) is 0 Å². The van der Waals surface area contributed by atoms with Gasteiger partial charge in [0.1, 0.15) is 5.75 Å². The van der Waals surface area contributed by atoms with Crippen LogP contribution >= 0.6 is 0 Å². The highest BCUT2D eigenvalue weighted by atomic mass is 16.5. The summed E-state index contributed by atoms with van der Waals surface area (Å²) in [5.41, 5.74) is 6.73. The Balaban J connectivity index is 2.40. The lowest BCUT2D eigenvalue weighted by atomic mass is 10.1. The van der Waals surface area contributed by atoms with Gasteiger partial charge in [-0.25, -0.2) is 0 Å². The number of methoxy groups -OCH3 is 1. The first kappa shape index (κ1) is 15.5. The second-order valence-corrected chi connectivity index (χ2v) is 4.93. The number of carbonyl (C=O) groups is 1. The van der Waals surface area contributed by atoms with Crippen LogP contribution in [0.1, 0.15) is 44.7 Å². The van der Waals surface area contributed by atoms with Crippen molar-refractivity contribution in [2.24, 2.45) is 5.73 Å². The zero-order valence-corrected chi connectivity index (χ0v) is 12.0. The molecule has 1 amide bonds. The minimum absolute atomic E-state index is 0.00806. The third-order valence-corrected chi connectivity index (χ3v) is 3.06. The van der Waals surface area contributed by atoms with Gasteiger partial charge in [-0.3, -0.25) is 4.79 Å². The maximum atomic E-state index is 11.8. The third kappa shape index (κ3) is 5.75. The van der Waals surface area contributed by atoms with Crippen LogP contribution in [0, 0.1) is 0 Å². The molecule has 0 fully saturated rings. The maximum absolute atomic E-state index is 11.8. The molecular formula is C15H24N2O2. The Morgan fingerprint density at radius 2 is 1.95 bits per heavy atom. The van der Waals surface area contributed by atoms with E-state index in [2.05, 4.69) is 5.32 Å². The van der Waals surface area contributed by atoms with Crippen molar-refractivity contribution in [3.05, 3.63) is 29.8 Å². The van der Waals surface area contributed by atoms with E-state index in [1.807, 2.05) is 38.1 Å². The topological polar surface area (TPSA) is 64.3 Å². The number of nitrogens with one attached hydrogen (secondary N) is 1. The van der Waals surface area contributed by atoms with Crippen molar-refractivity contribution >= 4 is 5.91 Å². The van der Waals surface area contributed by atoms with Crippen LogP contribution in [0.25, 0.3) is 0 Å². The monoisotopic (exact) mass is 264 g/mol. The molecular weight excluding hydrogens is 240 g/mol. The van der Waals surface area contributed by atoms with Crippen LogP contribution in [-0.2, 0) is 4.79 Å². The highest BCUT2D eigenvalue weighted by Gasteiger charge is 2.09. The third-order valence-electron chi connectivity index (χ3n) is 3.06. The van der Waals surface area contributed by atoms with Crippen LogP contribution in [0.15, 0.2) is 24.3 Å². The summed E-state index contributed by atoms with van der Waals surface area (Å²) in [7, 11) is 1.64. The fourth-order valence-corrected chi connectivity index (χ4v) is 1.87. The van der Waals surface area contributed by atoms with Gasteiger partial charge in [-0.2, -0.15) is 0 Å². The molecule has 3 N–H and O–H groups in total. The Hall–Kier alpha value is -1.55. The Labute approximate surface area is 115 Å². The molecule has 1 aromatic carbocycles. The van der Waals surface area contributed by atoms with Gasteiger partial charge in [0.2, 0.25) is 5.91 Å². The molecule has 0 aliphatic carbocycles. The normalized spacial score (nSPS) is 13.7. The number of nitrogens with two attached hydrogens (primary N) is 1. The number of ether oxygens (including phenoxy) is 1. The minimum atomic E-state index is 0.00806. The molecule has 4 nitrogen and oxygen atoms in total. The molecule has 0 saturated heterocycles. The fraction of sp³-hybridized carbons (Fsp3) is 0.533. The Kier molecular flexibility index (Phi) is 6.36. The van der Waals surface area contributed by atoms with E-state index in [0.717, 1.165) is 24.2 Å². The van der Waals surface area contributed by atoms with Crippen LogP contribution in [0.5, 0.6) is 5.75 Å². The van der Waals surface area contributed by atoms with Gasteiger partial charge in [0.25, 0.3) is 0 Å². The molecule has 19 heavy (non-hydrogen) atoms. The van der Waals surface area contributed by atoms with Gasteiger partial charge in [0, 0.05) is 12.5 Å². The first-order valence-corrected chi connectivity index (χ1v) is 6.72. The predicted octanol–water partition coefficient (Wildman–Crippen LogP) is 2.39. The van der Waals surface area contributed by atoms with E-state index < -0.39 is 0 Å². The maximum Gasteiger partial charge on any atom is 0.220 e. The lowest BCUT2D eigenvalue weighted by Crippen LogP contribution is -2.26. The van der Waals surface area contributed by atoms with Crippen molar-refractivity contribution in [1.82, 2.24) is 5.32 Å². The van der Waals surface area contributed by atoms with Gasteiger partial charge in [-0.05, 0) is 44.4 Å². The summed E-state index contributed by atoms with van der Waals surface area (Å²) in [5, 5.41) is 2.99. The summed E-state index contributed by atoms with van der Waals surface area (Å²) in [5.74, 6) is 0.892. The van der Waals surface area contributed by atoms with Crippen molar-refractivity contribution in [2.75, 3.05) is 7.11 Å². The van der Waals surface area contributed by atoms with E-state index in [9.17, 15) is 4.79 Å². The molecule has 2 unspecified atom stereocenters. The molecule has 106 valence electrons. The lowest BCUT2D eigenvalue weighted by Gasteiger charge is -2.15. The molecule has 0 spiro atoms. The fourth-order valence-electron chi connectivity index (χ4n) is 1.87. The van der Waals surface area contributed by atoms with E-state index in [1.165, 1.54) is 0 Å². The van der Waals surface area contributed by atoms with Gasteiger partial charge < -0.3 is 15.8 Å². The molecule has 1 rings (SSSR count). The van der Waals surface area contributed by atoms with E-state index >= 15 is 0 Å². The largest absolute Gasteiger partial charge is 0.497 e. The second kappa shape index (κ2) is 7.79. The van der Waals surface area contributed by atoms with Crippen molar-refractivity contribution in [2.45, 2.75) is 45.2 Å². The highest BCUT2D eigenvalue weighted by Crippen LogP contribution is 2.17. The number of benzene rings is 1. The summed E-state index contributed by atoms with van der Waals surface area (Å²) in [6.45, 7) is 3.93. The zero-order chi connectivity index (χ0) is 14.3. The average Bonchev–Trinajstić information content (AvgIpc) is 2.38. The van der Waals surface area contributed by atoms with Gasteiger partial charge in [-0.1, -0.05) is 12.1 Å². The SMILES string of the molecule is COc1ccc(C(C)NC(=O)CCCC(C)N)cc1. The Bertz CT molecular complexity index is 388. The molecule has 0 saturated carbocycles. The van der Waals surface area contributed by atoms with Crippen molar-refractivity contribution in [1.29, 1.82) is 0 Å². The van der Waals surface area contributed by atoms with E-state index in [4.69, 9.17) is 10.5 Å². The Morgan fingerprint density at radius 3 is 2.47 bits per heavy atom. The zero-order valence-electron chi connectivity index (χ0n) is 12.0. The van der Waals surface area contributed by atoms with E-state index in [-0.39, 0.29) is 18.0 Å². The van der Waals surface area contributed by atoms with Crippen LogP contribution < -0.4 is 15.8 Å². The molecule has 0 aliphatic heterocycles. The summed E-state index contributed by atoms with van der Waals surface area (Å²) in [6.07, 6.45) is 2.24. The Morgan fingerprint density at radius 1 is 1.32 bits per heavy atom. The molecule has 0 heterocycles. The summed E-state index contributed by atoms with van der Waals surface area (Å²) < 4.78 is 5.11. The molecule has 0 aromatic heterocycles. The average molecular weight is 264 g/mol. The van der Waals surface area contributed by atoms with Gasteiger partial charge >= 0.3 is 0 Å². The molecule has 0 radical (unpaired) electrons. The number of rotatable bonds is 7. The number of amides is 1. The number of hydrogen-bond acceptors (Lipinski definition) is 3. The second-order valence-electron chi connectivity index (χ2n) is 4.93. The molecule has 0 bridgehead atoms. The standard InChI is InChI=1S/C15H24N2O2/c1-11(16)5-4-6-15(18)17-12(2)13-7-9-14(19-3)10-8-13/h7-12H,4-6,16H2,1-3H3,(H,17,18). The van der Waals surface area contributed by atoms with Crippen LogP contribution in [0.4, 0.5) is 0 Å². The molecule has 2 atom stereocenters. The minimum Gasteiger partial charge on any atom is -0.497 e. The van der Waals surface area contributed by atoms with Crippen LogP contribution in [-0.4, -0.2) is 19.1 Å². The smallest absolute Gasteiger partial charge is 0.220 e. The number of hydrogen-bond donors (Lipinski definition) is 2. The first-order valence-electron chi connectivity index (χ1n) is 6.72. The van der Waals surface area contributed by atoms with E-state index in [1.54, 1.807) is 7.11 Å². The predicted molar refractivity (Wildman–Crippen MR) is 77.1 cm³/mol. The summed E-state index contributed by atoms with van der Waals surface area (Å²) in [4.78, 5) is 11.8. The van der Waals surface area contributed by atoms with Crippen molar-refractivity contribution in [3.8, 4) is 5.75 Å². The molecule has 0 aliphatic rings. The molecule has 4 heteroatoms. The summed E-state index contributed by atoms with van der Waals surface area (Å²) >= 11 is 0. The number of carbonyl (C=O) groups excluding carboxylic acids is 1. The van der Waals surface area contributed by atoms with Gasteiger partial charge in [-0.15, -0.1) is 0 Å². The quantitative estimate of drug-likeness (QED) is 0.794.